The summed E-state index contributed by atoms with van der Waals surface area (Å²) in [6.07, 6.45) is 1.74. The minimum Gasteiger partial charge on any atom is -0.507 e. The molecule has 112 valence electrons. The molecule has 3 N–H and O–H groups in total. The maximum atomic E-state index is 12.5. The smallest absolute Gasteiger partial charge is 0.237 e. The molecule has 1 fully saturated rings. The van der Waals surface area contributed by atoms with Gasteiger partial charge in [0.05, 0.1) is 11.1 Å². The van der Waals surface area contributed by atoms with Crippen LogP contribution in [0, 0.1) is 0 Å². The van der Waals surface area contributed by atoms with Crippen LogP contribution in [0.1, 0.15) is 18.4 Å². The van der Waals surface area contributed by atoms with Crippen molar-refractivity contribution in [2.24, 2.45) is 0 Å². The van der Waals surface area contributed by atoms with Crippen LogP contribution in [0.3, 0.4) is 0 Å². The number of anilines is 1. The molecule has 4 rings (SSSR count). The third-order valence-electron chi connectivity index (χ3n) is 4.54. The van der Waals surface area contributed by atoms with Crippen LogP contribution in [0.5, 0.6) is 5.75 Å². The second-order valence-corrected chi connectivity index (χ2v) is 5.83. The lowest BCUT2D eigenvalue weighted by molar-refractivity contribution is -0.121. The Morgan fingerprint density at radius 1 is 1.23 bits per heavy atom. The van der Waals surface area contributed by atoms with E-state index in [0.29, 0.717) is 23.6 Å². The van der Waals surface area contributed by atoms with Crippen molar-refractivity contribution in [3.05, 3.63) is 35.9 Å². The summed E-state index contributed by atoms with van der Waals surface area (Å²) in [6.45, 7) is 1.53. The second kappa shape index (κ2) is 4.78. The number of aromatic hydroxyl groups is 1. The molecule has 6 heteroatoms. The Kier molecular flexibility index (Phi) is 2.87. The molecule has 6 nitrogen and oxygen atoms in total. The number of piperidine rings is 1. The van der Waals surface area contributed by atoms with Crippen molar-refractivity contribution < 1.29 is 9.90 Å². The number of rotatable bonds is 1. The monoisotopic (exact) mass is 296 g/mol. The van der Waals surface area contributed by atoms with Crippen molar-refractivity contribution >= 4 is 11.7 Å². The van der Waals surface area contributed by atoms with Gasteiger partial charge in [0, 0.05) is 17.7 Å². The molecule has 1 aromatic carbocycles. The number of fused-ring (bicyclic) bond motifs is 2. The Bertz CT molecular complexity index is 754. The quantitative estimate of drug-likeness (QED) is 0.741. The van der Waals surface area contributed by atoms with Crippen LogP contribution in [0.4, 0.5) is 5.82 Å². The summed E-state index contributed by atoms with van der Waals surface area (Å²) < 4.78 is 0. The van der Waals surface area contributed by atoms with Gasteiger partial charge in [-0.2, -0.15) is 0 Å². The van der Waals surface area contributed by atoms with E-state index in [4.69, 9.17) is 0 Å². The molecule has 0 unspecified atom stereocenters. The highest BCUT2D eigenvalue weighted by Crippen LogP contribution is 2.42. The Morgan fingerprint density at radius 3 is 2.86 bits per heavy atom. The molecule has 2 aliphatic rings. The highest BCUT2D eigenvalue weighted by atomic mass is 16.3. The summed E-state index contributed by atoms with van der Waals surface area (Å²) in [5, 5.41) is 24.4. The maximum absolute atomic E-state index is 12.5. The Hall–Kier alpha value is -2.47. The lowest BCUT2D eigenvalue weighted by atomic mass is 9.76. The largest absolute Gasteiger partial charge is 0.507 e. The van der Waals surface area contributed by atoms with E-state index < -0.39 is 5.41 Å². The molecule has 1 spiro atoms. The fourth-order valence-corrected chi connectivity index (χ4v) is 3.35. The van der Waals surface area contributed by atoms with Crippen LogP contribution in [-0.2, 0) is 10.2 Å². The van der Waals surface area contributed by atoms with Gasteiger partial charge in [0.15, 0.2) is 5.82 Å². The zero-order valence-corrected chi connectivity index (χ0v) is 12.0. The molecular weight excluding hydrogens is 280 g/mol. The average molecular weight is 296 g/mol. The van der Waals surface area contributed by atoms with E-state index in [1.807, 2.05) is 12.1 Å². The third-order valence-corrected chi connectivity index (χ3v) is 4.54. The van der Waals surface area contributed by atoms with E-state index in [-0.39, 0.29) is 11.7 Å². The number of nitrogens with zero attached hydrogens (tertiary/aromatic N) is 2. The summed E-state index contributed by atoms with van der Waals surface area (Å²) in [5.41, 5.74) is 1.51. The van der Waals surface area contributed by atoms with Crippen LogP contribution in [-0.4, -0.2) is 34.3 Å². The van der Waals surface area contributed by atoms with Gasteiger partial charge in [0.25, 0.3) is 0 Å². The molecule has 2 aliphatic heterocycles. The molecule has 0 saturated carbocycles. The first kappa shape index (κ1) is 13.2. The van der Waals surface area contributed by atoms with E-state index in [0.717, 1.165) is 24.9 Å². The third kappa shape index (κ3) is 1.80. The van der Waals surface area contributed by atoms with Gasteiger partial charge in [-0.1, -0.05) is 12.1 Å². The topological polar surface area (TPSA) is 87.1 Å². The maximum Gasteiger partial charge on any atom is 0.237 e. The van der Waals surface area contributed by atoms with Crippen molar-refractivity contribution in [3.8, 4) is 17.0 Å². The van der Waals surface area contributed by atoms with Crippen molar-refractivity contribution in [1.29, 1.82) is 0 Å². The van der Waals surface area contributed by atoms with E-state index in [9.17, 15) is 9.90 Å². The van der Waals surface area contributed by atoms with Crippen LogP contribution < -0.4 is 10.6 Å². The van der Waals surface area contributed by atoms with Crippen LogP contribution in [0.2, 0.25) is 0 Å². The second-order valence-electron chi connectivity index (χ2n) is 5.83. The van der Waals surface area contributed by atoms with Gasteiger partial charge in [-0.3, -0.25) is 4.79 Å². The van der Waals surface area contributed by atoms with Gasteiger partial charge in [-0.15, -0.1) is 10.2 Å². The number of amides is 1. The molecule has 0 aliphatic carbocycles. The first-order valence-electron chi connectivity index (χ1n) is 7.39. The predicted octanol–water partition coefficient (Wildman–Crippen LogP) is 1.42. The first-order valence-corrected chi connectivity index (χ1v) is 7.39. The fraction of sp³-hybridized carbons (Fsp3) is 0.312. The van der Waals surface area contributed by atoms with Crippen molar-refractivity contribution in [1.82, 2.24) is 15.5 Å². The number of carbonyl (C=O) groups excluding carboxylic acids is 1. The molecule has 1 saturated heterocycles. The van der Waals surface area contributed by atoms with E-state index in [1.165, 1.54) is 0 Å². The summed E-state index contributed by atoms with van der Waals surface area (Å²) in [7, 11) is 0. The number of benzene rings is 1. The predicted molar refractivity (Wildman–Crippen MR) is 81.5 cm³/mol. The van der Waals surface area contributed by atoms with Crippen LogP contribution in [0.25, 0.3) is 11.3 Å². The molecule has 0 bridgehead atoms. The number of phenolic OH excluding ortho intramolecular Hbond substituents is 1. The molecule has 2 aromatic rings. The highest BCUT2D eigenvalue weighted by molar-refractivity contribution is 6.05. The Balaban J connectivity index is 1.85. The summed E-state index contributed by atoms with van der Waals surface area (Å²) in [4.78, 5) is 12.5. The average Bonchev–Trinajstić information content (AvgIpc) is 2.81. The van der Waals surface area contributed by atoms with Gasteiger partial charge in [-0.25, -0.2) is 0 Å². The van der Waals surface area contributed by atoms with Gasteiger partial charge in [0.2, 0.25) is 5.91 Å². The molecule has 1 aromatic heterocycles. The number of hydrogen-bond acceptors (Lipinski definition) is 5. The fourth-order valence-electron chi connectivity index (χ4n) is 3.35. The molecule has 1 atom stereocenters. The number of phenols is 1. The number of aromatic nitrogens is 2. The Morgan fingerprint density at radius 2 is 2.09 bits per heavy atom. The van der Waals surface area contributed by atoms with Crippen LogP contribution in [0.15, 0.2) is 30.3 Å². The zero-order chi connectivity index (χ0) is 15.2. The first-order chi connectivity index (χ1) is 10.7. The minimum absolute atomic E-state index is 0.0153. The summed E-state index contributed by atoms with van der Waals surface area (Å²) >= 11 is 0. The van der Waals surface area contributed by atoms with Gasteiger partial charge in [0.1, 0.15) is 5.75 Å². The molecular formula is C16H16N4O2. The SMILES string of the molecule is O=C1Nc2nnc(-c3ccccc3O)cc2[C@@]12CCCNC2. The Labute approximate surface area is 127 Å². The van der Waals surface area contributed by atoms with E-state index in [1.54, 1.807) is 18.2 Å². The van der Waals surface area contributed by atoms with Crippen molar-refractivity contribution in [2.45, 2.75) is 18.3 Å². The summed E-state index contributed by atoms with van der Waals surface area (Å²) in [5.74, 6) is 0.677. The summed E-state index contributed by atoms with van der Waals surface area (Å²) in [6, 6.07) is 8.89. The lowest BCUT2D eigenvalue weighted by Crippen LogP contribution is -2.47. The molecule has 0 radical (unpaired) electrons. The minimum atomic E-state index is -0.567. The van der Waals surface area contributed by atoms with Crippen LogP contribution >= 0.6 is 0 Å². The number of hydrogen-bond donors (Lipinski definition) is 3. The normalized spacial score (nSPS) is 23.4. The van der Waals surface area contributed by atoms with Crippen molar-refractivity contribution in [3.63, 3.8) is 0 Å². The van der Waals surface area contributed by atoms with E-state index >= 15 is 0 Å². The molecule has 22 heavy (non-hydrogen) atoms. The number of nitrogens with one attached hydrogen (secondary N) is 2. The van der Waals surface area contributed by atoms with Gasteiger partial charge < -0.3 is 15.7 Å². The lowest BCUT2D eigenvalue weighted by Gasteiger charge is -2.31. The molecule has 1 amide bonds. The van der Waals surface area contributed by atoms with E-state index in [2.05, 4.69) is 20.8 Å². The van der Waals surface area contributed by atoms with Gasteiger partial charge >= 0.3 is 0 Å². The zero-order valence-electron chi connectivity index (χ0n) is 12.0. The highest BCUT2D eigenvalue weighted by Gasteiger charge is 2.48. The standard InChI is InChI=1S/C16H16N4O2/c21-13-5-2-1-4-10(13)12-8-11-14(20-19-12)18-15(22)16(11)6-3-7-17-9-16/h1-2,4-5,8,17,21H,3,6-7,9H2,(H,18,20,22)/t16-/m0/s1. The van der Waals surface area contributed by atoms with Gasteiger partial charge in [-0.05, 0) is 37.6 Å². The number of carbonyl (C=O) groups is 1. The molecule has 3 heterocycles. The number of para-hydroxylation sites is 1. The van der Waals surface area contributed by atoms with Crippen molar-refractivity contribution in [2.75, 3.05) is 18.4 Å².